The molecule has 0 radical (unpaired) electrons. The summed E-state index contributed by atoms with van der Waals surface area (Å²) in [5.41, 5.74) is -6.27. The van der Waals surface area contributed by atoms with Crippen molar-refractivity contribution in [3.05, 3.63) is 65.7 Å². The summed E-state index contributed by atoms with van der Waals surface area (Å²) in [5.74, 6) is -2.36. The number of halogens is 6. The number of non-ortho nitro benzene ring substituents is 1. The van der Waals surface area contributed by atoms with Crippen molar-refractivity contribution in [1.82, 2.24) is 0 Å². The number of nitro benzene ring substituents is 2. The van der Waals surface area contributed by atoms with Gasteiger partial charge in [0.05, 0.1) is 31.6 Å². The fourth-order valence-corrected chi connectivity index (χ4v) is 2.52. The summed E-state index contributed by atoms with van der Waals surface area (Å²) in [6.45, 7) is 1.16. The summed E-state index contributed by atoms with van der Waals surface area (Å²) >= 11 is 2.58. The third-order valence-electron chi connectivity index (χ3n) is 3.42. The summed E-state index contributed by atoms with van der Waals surface area (Å²) in [6, 6.07) is 1.19. The fraction of sp³-hybridized carbons (Fsp3) is 0.143. The van der Waals surface area contributed by atoms with Gasteiger partial charge in [-0.15, -0.1) is 0 Å². The number of rotatable bonds is 4. The molecular formula is C14H7BrF5N3O4. The second-order valence-electron chi connectivity index (χ2n) is 5.20. The van der Waals surface area contributed by atoms with E-state index in [1.807, 2.05) is 5.32 Å². The zero-order valence-corrected chi connectivity index (χ0v) is 14.6. The first kappa shape index (κ1) is 20.5. The molecule has 0 heterocycles. The van der Waals surface area contributed by atoms with E-state index in [1.165, 1.54) is 0 Å². The number of aryl methyl sites for hydroxylation is 1. The van der Waals surface area contributed by atoms with Gasteiger partial charge in [-0.2, -0.15) is 13.2 Å². The Balaban J connectivity index is 2.82. The van der Waals surface area contributed by atoms with Gasteiger partial charge >= 0.3 is 6.18 Å². The molecular weight excluding hydrogens is 449 g/mol. The van der Waals surface area contributed by atoms with Crippen LogP contribution in [0.15, 0.2) is 22.7 Å². The molecule has 2 aromatic rings. The average Bonchev–Trinajstić information content (AvgIpc) is 2.55. The molecule has 0 aliphatic carbocycles. The van der Waals surface area contributed by atoms with E-state index in [4.69, 9.17) is 0 Å². The van der Waals surface area contributed by atoms with Crippen LogP contribution in [0.4, 0.5) is 44.7 Å². The Hall–Kier alpha value is -2.83. The Labute approximate surface area is 155 Å². The molecule has 0 aliphatic rings. The maximum atomic E-state index is 14.3. The van der Waals surface area contributed by atoms with Gasteiger partial charge < -0.3 is 5.32 Å². The summed E-state index contributed by atoms with van der Waals surface area (Å²) in [7, 11) is 0. The highest BCUT2D eigenvalue weighted by Crippen LogP contribution is 2.44. The third kappa shape index (κ3) is 3.97. The Morgan fingerprint density at radius 2 is 1.63 bits per heavy atom. The van der Waals surface area contributed by atoms with Gasteiger partial charge in [0, 0.05) is 6.07 Å². The lowest BCUT2D eigenvalue weighted by molar-refractivity contribution is -0.394. The van der Waals surface area contributed by atoms with E-state index in [-0.39, 0.29) is 11.6 Å². The minimum absolute atomic E-state index is 0.0845. The van der Waals surface area contributed by atoms with Crippen LogP contribution in [0.3, 0.4) is 0 Å². The van der Waals surface area contributed by atoms with E-state index >= 15 is 0 Å². The van der Waals surface area contributed by atoms with Crippen LogP contribution in [0.25, 0.3) is 0 Å². The highest BCUT2D eigenvalue weighted by atomic mass is 79.9. The van der Waals surface area contributed by atoms with E-state index < -0.39 is 60.4 Å². The molecule has 144 valence electrons. The van der Waals surface area contributed by atoms with Gasteiger partial charge in [0.15, 0.2) is 5.82 Å². The van der Waals surface area contributed by atoms with Crippen molar-refractivity contribution in [3.63, 3.8) is 0 Å². The van der Waals surface area contributed by atoms with Crippen molar-refractivity contribution in [2.45, 2.75) is 13.1 Å². The molecule has 2 rings (SSSR count). The number of hydrogen-bond donors (Lipinski definition) is 1. The van der Waals surface area contributed by atoms with Crippen LogP contribution < -0.4 is 5.32 Å². The number of benzene rings is 2. The van der Waals surface area contributed by atoms with E-state index in [0.717, 1.165) is 13.0 Å². The largest absolute Gasteiger partial charge is 0.418 e. The van der Waals surface area contributed by atoms with Crippen molar-refractivity contribution in [1.29, 1.82) is 0 Å². The van der Waals surface area contributed by atoms with E-state index in [1.54, 1.807) is 0 Å². The standard InChI is InChI=1S/C14H7BrF5N3O4/c1-5-2-8(16)10(15)11(17)12(5)21-13-7(14(18,19)20)3-6(22(24)25)4-9(13)23(26)27/h2-4,21H,1H3. The molecule has 0 aliphatic heterocycles. The normalized spacial score (nSPS) is 11.4. The molecule has 0 spiro atoms. The molecule has 27 heavy (non-hydrogen) atoms. The summed E-state index contributed by atoms with van der Waals surface area (Å²) in [5, 5.41) is 23.9. The second-order valence-corrected chi connectivity index (χ2v) is 6.00. The van der Waals surface area contributed by atoms with E-state index in [2.05, 4.69) is 15.9 Å². The lowest BCUT2D eigenvalue weighted by Crippen LogP contribution is -2.13. The minimum Gasteiger partial charge on any atom is -0.347 e. The molecule has 7 nitrogen and oxygen atoms in total. The predicted octanol–water partition coefficient (Wildman–Crippen LogP) is 5.61. The first-order valence-electron chi connectivity index (χ1n) is 6.79. The van der Waals surface area contributed by atoms with Crippen LogP contribution in [0.1, 0.15) is 11.1 Å². The molecule has 0 amide bonds. The van der Waals surface area contributed by atoms with Crippen molar-refractivity contribution < 1.29 is 31.8 Å². The van der Waals surface area contributed by atoms with Crippen LogP contribution in [-0.4, -0.2) is 9.85 Å². The van der Waals surface area contributed by atoms with Crippen LogP contribution in [-0.2, 0) is 6.18 Å². The van der Waals surface area contributed by atoms with Crippen molar-refractivity contribution in [2.75, 3.05) is 5.32 Å². The highest BCUT2D eigenvalue weighted by Gasteiger charge is 2.40. The van der Waals surface area contributed by atoms with Gasteiger partial charge in [-0.1, -0.05) is 0 Å². The average molecular weight is 456 g/mol. The maximum Gasteiger partial charge on any atom is 0.418 e. The number of nitrogens with one attached hydrogen (secondary N) is 1. The molecule has 0 saturated carbocycles. The Bertz CT molecular complexity index is 965. The molecule has 1 N–H and O–H groups in total. The van der Waals surface area contributed by atoms with Gasteiger partial charge in [0.25, 0.3) is 11.4 Å². The number of nitrogens with zero attached hydrogens (tertiary/aromatic N) is 2. The molecule has 0 saturated heterocycles. The van der Waals surface area contributed by atoms with E-state index in [0.29, 0.717) is 6.07 Å². The summed E-state index contributed by atoms with van der Waals surface area (Å²) in [6.07, 6.45) is -5.24. The monoisotopic (exact) mass is 455 g/mol. The first-order valence-corrected chi connectivity index (χ1v) is 7.59. The van der Waals surface area contributed by atoms with Gasteiger partial charge in [0.1, 0.15) is 11.5 Å². The number of alkyl halides is 3. The maximum absolute atomic E-state index is 14.3. The van der Waals surface area contributed by atoms with Crippen molar-refractivity contribution in [3.8, 4) is 0 Å². The number of hydrogen-bond acceptors (Lipinski definition) is 5. The Kier molecular flexibility index (Phi) is 5.35. The lowest BCUT2D eigenvalue weighted by atomic mass is 10.1. The van der Waals surface area contributed by atoms with Crippen LogP contribution in [0, 0.1) is 38.8 Å². The molecule has 0 fully saturated rings. The summed E-state index contributed by atoms with van der Waals surface area (Å²) in [4.78, 5) is 19.5. The molecule has 0 unspecified atom stereocenters. The van der Waals surface area contributed by atoms with Gasteiger partial charge in [-0.05, 0) is 34.5 Å². The van der Waals surface area contributed by atoms with Gasteiger partial charge in [-0.25, -0.2) is 8.78 Å². The molecule has 13 heteroatoms. The predicted molar refractivity (Wildman–Crippen MR) is 86.8 cm³/mol. The lowest BCUT2D eigenvalue weighted by Gasteiger charge is -2.17. The molecule has 0 bridgehead atoms. The molecule has 2 aromatic carbocycles. The zero-order valence-electron chi connectivity index (χ0n) is 13.0. The zero-order chi connectivity index (χ0) is 20.7. The third-order valence-corrected chi connectivity index (χ3v) is 4.15. The summed E-state index contributed by atoms with van der Waals surface area (Å²) < 4.78 is 67.1. The number of nitro groups is 2. The Morgan fingerprint density at radius 1 is 1.04 bits per heavy atom. The number of anilines is 2. The second kappa shape index (κ2) is 7.06. The minimum atomic E-state index is -5.24. The smallest absolute Gasteiger partial charge is 0.347 e. The highest BCUT2D eigenvalue weighted by molar-refractivity contribution is 9.10. The quantitative estimate of drug-likeness (QED) is 0.279. The van der Waals surface area contributed by atoms with E-state index in [9.17, 15) is 42.2 Å². The van der Waals surface area contributed by atoms with Crippen molar-refractivity contribution >= 4 is 38.7 Å². The van der Waals surface area contributed by atoms with Crippen molar-refractivity contribution in [2.24, 2.45) is 0 Å². The SMILES string of the molecule is Cc1cc(F)c(Br)c(F)c1Nc1c([N+](=O)[O-])cc([N+](=O)[O-])cc1C(F)(F)F. The Morgan fingerprint density at radius 3 is 2.11 bits per heavy atom. The topological polar surface area (TPSA) is 98.3 Å². The van der Waals surface area contributed by atoms with Crippen LogP contribution >= 0.6 is 15.9 Å². The van der Waals surface area contributed by atoms with Gasteiger partial charge in [0.2, 0.25) is 0 Å². The molecule has 0 aromatic heterocycles. The first-order chi connectivity index (χ1) is 12.3. The molecule has 0 atom stereocenters. The van der Waals surface area contributed by atoms with Crippen LogP contribution in [0.5, 0.6) is 0 Å². The van der Waals surface area contributed by atoms with Crippen LogP contribution in [0.2, 0.25) is 0 Å². The fourth-order valence-electron chi connectivity index (χ4n) is 2.21. The van der Waals surface area contributed by atoms with Gasteiger partial charge in [-0.3, -0.25) is 20.2 Å².